The van der Waals surface area contributed by atoms with Gasteiger partial charge >= 0.3 is 5.97 Å². The molecule has 1 N–H and O–H groups in total. The van der Waals surface area contributed by atoms with Gasteiger partial charge in [0.15, 0.2) is 0 Å². The third-order valence-electron chi connectivity index (χ3n) is 4.52. The number of methoxy groups -OCH3 is 1. The van der Waals surface area contributed by atoms with Gasteiger partial charge in [-0.3, -0.25) is 14.6 Å². The Morgan fingerprint density at radius 1 is 1.35 bits per heavy atom. The minimum Gasteiger partial charge on any atom is -0.468 e. The number of esters is 1. The molecule has 2 aliphatic rings. The van der Waals surface area contributed by atoms with Gasteiger partial charge in [-0.25, -0.2) is 0 Å². The first-order chi connectivity index (χ1) is 9.67. The van der Waals surface area contributed by atoms with Crippen molar-refractivity contribution in [2.45, 2.75) is 51.2 Å². The van der Waals surface area contributed by atoms with Crippen molar-refractivity contribution in [3.63, 3.8) is 0 Å². The maximum atomic E-state index is 11.9. The van der Waals surface area contributed by atoms with Crippen LogP contribution in [-0.4, -0.2) is 73.7 Å². The number of carbonyl (C=O) groups is 1. The molecule has 2 rings (SSSR count). The molecular weight excluding hydrogens is 254 g/mol. The van der Waals surface area contributed by atoms with Gasteiger partial charge in [0.2, 0.25) is 0 Å². The summed E-state index contributed by atoms with van der Waals surface area (Å²) < 4.78 is 4.93. The van der Waals surface area contributed by atoms with E-state index in [2.05, 4.69) is 29.0 Å². The molecule has 20 heavy (non-hydrogen) atoms. The number of likely N-dealkylation sites (N-methyl/N-ethyl adjacent to an activating group) is 1. The molecule has 1 saturated heterocycles. The average molecular weight is 283 g/mol. The second kappa shape index (κ2) is 7.38. The third-order valence-corrected chi connectivity index (χ3v) is 4.52. The third kappa shape index (κ3) is 4.17. The van der Waals surface area contributed by atoms with Crippen LogP contribution in [0.4, 0.5) is 0 Å². The van der Waals surface area contributed by atoms with Crippen LogP contribution in [0.15, 0.2) is 0 Å². The van der Waals surface area contributed by atoms with E-state index in [1.807, 2.05) is 0 Å². The predicted molar refractivity (Wildman–Crippen MR) is 79.7 cm³/mol. The van der Waals surface area contributed by atoms with Crippen LogP contribution in [0.2, 0.25) is 0 Å². The molecule has 0 radical (unpaired) electrons. The molecule has 0 amide bonds. The highest BCUT2D eigenvalue weighted by Gasteiger charge is 2.33. The summed E-state index contributed by atoms with van der Waals surface area (Å²) in [6.07, 6.45) is 3.59. The summed E-state index contributed by atoms with van der Waals surface area (Å²) in [7, 11) is 1.48. The molecule has 1 aliphatic carbocycles. The molecule has 5 heteroatoms. The van der Waals surface area contributed by atoms with Gasteiger partial charge in [-0.15, -0.1) is 0 Å². The van der Waals surface area contributed by atoms with Crippen LogP contribution >= 0.6 is 0 Å². The number of nitrogens with zero attached hydrogens (tertiary/aromatic N) is 2. The van der Waals surface area contributed by atoms with E-state index in [1.165, 1.54) is 26.4 Å². The van der Waals surface area contributed by atoms with Gasteiger partial charge < -0.3 is 10.1 Å². The minimum absolute atomic E-state index is 0.122. The number of likely N-dealkylation sites (tertiary alicyclic amines) is 1. The molecule has 116 valence electrons. The standard InChI is InChI=1S/C15H29N3O2/c1-4-18(5-2)13-8-9-17(10-13)11-14(15(19)20-3)16-12-6-7-12/h12-14,16H,4-11H2,1-3H3. The van der Waals surface area contributed by atoms with Crippen LogP contribution in [-0.2, 0) is 9.53 Å². The number of ether oxygens (including phenoxy) is 1. The normalized spacial score (nSPS) is 25.1. The van der Waals surface area contributed by atoms with Crippen molar-refractivity contribution in [1.82, 2.24) is 15.1 Å². The Balaban J connectivity index is 1.83. The Labute approximate surface area is 122 Å². The van der Waals surface area contributed by atoms with E-state index in [-0.39, 0.29) is 12.0 Å². The van der Waals surface area contributed by atoms with Gasteiger partial charge in [-0.2, -0.15) is 0 Å². The predicted octanol–water partition coefficient (Wildman–Crippen LogP) is 0.696. The van der Waals surface area contributed by atoms with Crippen LogP contribution in [0, 0.1) is 0 Å². The number of carbonyl (C=O) groups excluding carboxylic acids is 1. The SMILES string of the molecule is CCN(CC)C1CCN(CC(NC2CC2)C(=O)OC)C1. The lowest BCUT2D eigenvalue weighted by Crippen LogP contribution is -2.48. The average Bonchev–Trinajstić information content (AvgIpc) is 3.16. The molecule has 2 unspecified atom stereocenters. The van der Waals surface area contributed by atoms with E-state index in [4.69, 9.17) is 4.74 Å². The molecule has 1 saturated carbocycles. The quantitative estimate of drug-likeness (QED) is 0.664. The monoisotopic (exact) mass is 283 g/mol. The highest BCUT2D eigenvalue weighted by molar-refractivity contribution is 5.76. The summed E-state index contributed by atoms with van der Waals surface area (Å²) in [6.45, 7) is 9.59. The van der Waals surface area contributed by atoms with Crippen molar-refractivity contribution in [2.75, 3.05) is 39.8 Å². The summed E-state index contributed by atoms with van der Waals surface area (Å²) in [5, 5.41) is 3.41. The summed E-state index contributed by atoms with van der Waals surface area (Å²) in [4.78, 5) is 16.8. The Morgan fingerprint density at radius 2 is 2.05 bits per heavy atom. The van der Waals surface area contributed by atoms with Gasteiger partial charge in [0.05, 0.1) is 7.11 Å². The van der Waals surface area contributed by atoms with E-state index in [9.17, 15) is 4.79 Å². The van der Waals surface area contributed by atoms with Crippen molar-refractivity contribution in [2.24, 2.45) is 0 Å². The fourth-order valence-electron chi connectivity index (χ4n) is 3.15. The number of nitrogens with one attached hydrogen (secondary N) is 1. The van der Waals surface area contributed by atoms with Gasteiger partial charge in [-0.1, -0.05) is 13.8 Å². The van der Waals surface area contributed by atoms with Crippen molar-refractivity contribution in [1.29, 1.82) is 0 Å². The Morgan fingerprint density at radius 3 is 2.60 bits per heavy atom. The summed E-state index contributed by atoms with van der Waals surface area (Å²) in [5.41, 5.74) is 0. The van der Waals surface area contributed by atoms with Crippen LogP contribution in [0.25, 0.3) is 0 Å². The first-order valence-corrected chi connectivity index (χ1v) is 7.98. The van der Waals surface area contributed by atoms with Crippen LogP contribution in [0.5, 0.6) is 0 Å². The lowest BCUT2D eigenvalue weighted by atomic mass is 10.2. The molecule has 2 fully saturated rings. The molecule has 1 aliphatic heterocycles. The molecule has 0 aromatic rings. The van der Waals surface area contributed by atoms with Crippen molar-refractivity contribution in [3.05, 3.63) is 0 Å². The number of hydrogen-bond acceptors (Lipinski definition) is 5. The number of hydrogen-bond donors (Lipinski definition) is 1. The zero-order valence-electron chi connectivity index (χ0n) is 13.1. The lowest BCUT2D eigenvalue weighted by molar-refractivity contribution is -0.143. The van der Waals surface area contributed by atoms with E-state index in [0.717, 1.165) is 32.7 Å². The second-order valence-electron chi connectivity index (χ2n) is 5.94. The Hall–Kier alpha value is -0.650. The van der Waals surface area contributed by atoms with E-state index < -0.39 is 0 Å². The van der Waals surface area contributed by atoms with Crippen molar-refractivity contribution >= 4 is 5.97 Å². The van der Waals surface area contributed by atoms with Crippen molar-refractivity contribution < 1.29 is 9.53 Å². The summed E-state index contributed by atoms with van der Waals surface area (Å²) in [6, 6.07) is 1.01. The molecule has 1 heterocycles. The molecular formula is C15H29N3O2. The van der Waals surface area contributed by atoms with Crippen LogP contribution < -0.4 is 5.32 Å². The van der Waals surface area contributed by atoms with Crippen molar-refractivity contribution in [3.8, 4) is 0 Å². The summed E-state index contributed by atoms with van der Waals surface area (Å²) >= 11 is 0. The van der Waals surface area contributed by atoms with Crippen LogP contribution in [0.3, 0.4) is 0 Å². The van der Waals surface area contributed by atoms with Gasteiger partial charge in [-0.05, 0) is 38.9 Å². The first kappa shape index (κ1) is 15.7. The van der Waals surface area contributed by atoms with Crippen LogP contribution in [0.1, 0.15) is 33.1 Å². The van der Waals surface area contributed by atoms with Gasteiger partial charge in [0, 0.05) is 25.2 Å². The largest absolute Gasteiger partial charge is 0.468 e. The topological polar surface area (TPSA) is 44.8 Å². The molecule has 0 aromatic heterocycles. The number of rotatable bonds is 8. The first-order valence-electron chi connectivity index (χ1n) is 7.98. The molecule has 0 spiro atoms. The highest BCUT2D eigenvalue weighted by Crippen LogP contribution is 2.21. The molecule has 0 bridgehead atoms. The fraction of sp³-hybridized carbons (Fsp3) is 0.933. The molecule has 5 nitrogen and oxygen atoms in total. The summed E-state index contributed by atoms with van der Waals surface area (Å²) in [5.74, 6) is -0.122. The minimum atomic E-state index is -0.164. The maximum absolute atomic E-state index is 11.9. The molecule has 2 atom stereocenters. The van der Waals surface area contributed by atoms with E-state index in [1.54, 1.807) is 0 Å². The van der Waals surface area contributed by atoms with E-state index >= 15 is 0 Å². The smallest absolute Gasteiger partial charge is 0.324 e. The maximum Gasteiger partial charge on any atom is 0.324 e. The fourth-order valence-corrected chi connectivity index (χ4v) is 3.15. The Kier molecular flexibility index (Phi) is 5.81. The second-order valence-corrected chi connectivity index (χ2v) is 5.94. The highest BCUT2D eigenvalue weighted by atomic mass is 16.5. The molecule has 0 aromatic carbocycles. The Bertz CT molecular complexity index is 316. The van der Waals surface area contributed by atoms with Gasteiger partial charge in [0.25, 0.3) is 0 Å². The zero-order chi connectivity index (χ0) is 14.5. The van der Waals surface area contributed by atoms with E-state index in [0.29, 0.717) is 12.1 Å². The zero-order valence-corrected chi connectivity index (χ0v) is 13.1. The van der Waals surface area contributed by atoms with Gasteiger partial charge in [0.1, 0.15) is 6.04 Å². The lowest BCUT2D eigenvalue weighted by Gasteiger charge is -2.27.